The van der Waals surface area contributed by atoms with E-state index in [4.69, 9.17) is 9.63 Å². The molecule has 0 radical (unpaired) electrons. The molecule has 0 bridgehead atoms. The maximum absolute atomic E-state index is 8.76. The Bertz CT molecular complexity index is 310. The molecular weight excluding hydrogens is 175 g/mol. The summed E-state index contributed by atoms with van der Waals surface area (Å²) in [6.07, 6.45) is 0. The zero-order valence-corrected chi connectivity index (χ0v) is 7.32. The van der Waals surface area contributed by atoms with Crippen LogP contribution in [0.1, 0.15) is 5.56 Å². The van der Waals surface area contributed by atoms with Gasteiger partial charge in [-0.1, -0.05) is 12.1 Å². The van der Waals surface area contributed by atoms with E-state index >= 15 is 0 Å². The van der Waals surface area contributed by atoms with Crippen LogP contribution in [0.25, 0.3) is 0 Å². The van der Waals surface area contributed by atoms with Crippen LogP contribution in [0.5, 0.6) is 5.75 Å². The molecule has 0 fully saturated rings. The molecule has 0 spiro atoms. The lowest BCUT2D eigenvalue weighted by atomic mass is 10.2. The van der Waals surface area contributed by atoms with Crippen LogP contribution in [0.15, 0.2) is 29.1 Å². The quantitative estimate of drug-likeness (QED) is 0.696. The van der Waals surface area contributed by atoms with Crippen molar-refractivity contribution in [2.45, 2.75) is 6.61 Å². The molecule has 0 amide bonds. The first-order chi connectivity index (χ1) is 5.88. The Labute approximate surface area is 70.8 Å². The Balaban J connectivity index is 2.07. The Kier molecular flexibility index (Phi) is 2.13. The van der Waals surface area contributed by atoms with Crippen LogP contribution >= 0.6 is 8.09 Å². The largest absolute Gasteiger partial charge is 0.447 e. The Morgan fingerprint density at radius 3 is 2.58 bits per heavy atom. The molecule has 0 saturated carbocycles. The molecule has 4 nitrogen and oxygen atoms in total. The third kappa shape index (κ3) is 1.85. The highest BCUT2D eigenvalue weighted by atomic mass is 31.1. The average Bonchev–Trinajstić information content (AvgIpc) is 2.90. The molecule has 1 aromatic rings. The van der Waals surface area contributed by atoms with Crippen molar-refractivity contribution in [3.8, 4) is 5.75 Å². The van der Waals surface area contributed by atoms with E-state index in [1.165, 1.54) is 0 Å². The topological polar surface area (TPSA) is 63.8 Å². The standard InChI is InChI=1S/C7H9N2O2P/c10-5-6-1-3-7(4-2-6)11-12-8-9-12/h1-4,10,12H,5H2,(H,8,9). The molecule has 0 aromatic heterocycles. The number of nitrogens with one attached hydrogen (secondary N) is 1. The molecule has 0 aliphatic carbocycles. The van der Waals surface area contributed by atoms with Crippen molar-refractivity contribution in [2.24, 2.45) is 4.85 Å². The van der Waals surface area contributed by atoms with Gasteiger partial charge in [-0.3, -0.25) is 0 Å². The minimum Gasteiger partial charge on any atom is -0.447 e. The van der Waals surface area contributed by atoms with E-state index < -0.39 is 8.09 Å². The van der Waals surface area contributed by atoms with E-state index in [9.17, 15) is 0 Å². The summed E-state index contributed by atoms with van der Waals surface area (Å²) in [6.45, 7) is 0.0702. The van der Waals surface area contributed by atoms with Crippen LogP contribution < -0.4 is 9.72 Å². The van der Waals surface area contributed by atoms with Crippen LogP contribution in [0.3, 0.4) is 0 Å². The van der Waals surface area contributed by atoms with Crippen molar-refractivity contribution in [3.05, 3.63) is 29.8 Å². The van der Waals surface area contributed by atoms with E-state index in [0.717, 1.165) is 11.3 Å². The second-order valence-corrected chi connectivity index (χ2v) is 3.69. The number of aliphatic hydroxyl groups excluding tert-OH is 1. The zero-order chi connectivity index (χ0) is 8.39. The van der Waals surface area contributed by atoms with Gasteiger partial charge in [0.25, 0.3) is 0 Å². The highest BCUT2D eigenvalue weighted by Gasteiger charge is 2.07. The first kappa shape index (κ1) is 7.80. The van der Waals surface area contributed by atoms with Gasteiger partial charge in [0.2, 0.25) is 8.09 Å². The van der Waals surface area contributed by atoms with E-state index in [2.05, 4.69) is 10.1 Å². The number of hydrogen-bond donors (Lipinski definition) is 2. The molecule has 1 aliphatic heterocycles. The summed E-state index contributed by atoms with van der Waals surface area (Å²) in [7, 11) is -1.04. The van der Waals surface area contributed by atoms with Gasteiger partial charge in [0.1, 0.15) is 5.75 Å². The SMILES string of the molecule is OCc1ccc(O[PH]2=NN2)cc1. The summed E-state index contributed by atoms with van der Waals surface area (Å²) in [5.41, 5.74) is 0.889. The summed E-state index contributed by atoms with van der Waals surface area (Å²) in [5, 5.41) is 11.5. The van der Waals surface area contributed by atoms with Crippen LogP contribution in [0.4, 0.5) is 0 Å². The van der Waals surface area contributed by atoms with Crippen molar-refractivity contribution in [3.63, 3.8) is 0 Å². The minimum absolute atomic E-state index is 0.0702. The van der Waals surface area contributed by atoms with Crippen LogP contribution in [-0.2, 0) is 6.61 Å². The van der Waals surface area contributed by atoms with Gasteiger partial charge in [-0.25, -0.2) is 0 Å². The Hall–Kier alpha value is -0.830. The number of aliphatic hydroxyl groups is 1. The summed E-state index contributed by atoms with van der Waals surface area (Å²) in [4.78, 5) is 3.82. The highest BCUT2D eigenvalue weighted by Crippen LogP contribution is 2.34. The fourth-order valence-electron chi connectivity index (χ4n) is 0.843. The van der Waals surface area contributed by atoms with Gasteiger partial charge in [-0.15, -0.1) is 5.20 Å². The summed E-state index contributed by atoms with van der Waals surface area (Å²) in [6, 6.07) is 7.33. The fraction of sp³-hybridized carbons (Fsp3) is 0.143. The maximum atomic E-state index is 8.76. The molecule has 5 heteroatoms. The molecule has 1 atom stereocenters. The van der Waals surface area contributed by atoms with E-state index in [1.54, 1.807) is 0 Å². The van der Waals surface area contributed by atoms with Gasteiger partial charge < -0.3 is 9.63 Å². The molecule has 12 heavy (non-hydrogen) atoms. The molecular formula is C7H9N2O2P. The highest BCUT2D eigenvalue weighted by molar-refractivity contribution is 7.44. The van der Waals surface area contributed by atoms with E-state index in [1.807, 2.05) is 24.3 Å². The molecule has 0 saturated heterocycles. The first-order valence-electron chi connectivity index (χ1n) is 3.60. The predicted octanol–water partition coefficient (Wildman–Crippen LogP) is 1.30. The molecule has 2 N–H and O–H groups in total. The monoisotopic (exact) mass is 184 g/mol. The van der Waals surface area contributed by atoms with Crippen molar-refractivity contribution in [1.82, 2.24) is 5.20 Å². The van der Waals surface area contributed by atoms with Gasteiger partial charge in [0.15, 0.2) is 0 Å². The van der Waals surface area contributed by atoms with Crippen molar-refractivity contribution in [2.75, 3.05) is 0 Å². The maximum Gasteiger partial charge on any atom is 0.224 e. The van der Waals surface area contributed by atoms with Crippen molar-refractivity contribution < 1.29 is 9.63 Å². The van der Waals surface area contributed by atoms with Crippen LogP contribution in [0.2, 0.25) is 0 Å². The molecule has 1 aromatic carbocycles. The summed E-state index contributed by atoms with van der Waals surface area (Å²) < 4.78 is 5.37. The fourth-order valence-corrected chi connectivity index (χ4v) is 1.48. The molecule has 1 aliphatic rings. The molecule has 1 heterocycles. The average molecular weight is 184 g/mol. The molecule has 2 rings (SSSR count). The minimum atomic E-state index is -1.04. The number of nitrogens with zero attached hydrogens (tertiary/aromatic N) is 1. The lowest BCUT2D eigenvalue weighted by Crippen LogP contribution is -1.83. The second-order valence-electron chi connectivity index (χ2n) is 2.43. The van der Waals surface area contributed by atoms with E-state index in [-0.39, 0.29) is 6.61 Å². The Morgan fingerprint density at radius 1 is 1.42 bits per heavy atom. The van der Waals surface area contributed by atoms with Crippen LogP contribution in [0, 0.1) is 0 Å². The van der Waals surface area contributed by atoms with Crippen LogP contribution in [-0.4, -0.2) is 5.11 Å². The second kappa shape index (κ2) is 3.27. The molecule has 1 unspecified atom stereocenters. The van der Waals surface area contributed by atoms with Gasteiger partial charge in [0.05, 0.1) is 6.61 Å². The van der Waals surface area contributed by atoms with Crippen molar-refractivity contribution in [1.29, 1.82) is 0 Å². The Morgan fingerprint density at radius 2 is 2.08 bits per heavy atom. The lowest BCUT2D eigenvalue weighted by molar-refractivity contribution is 0.282. The normalized spacial score (nSPS) is 19.9. The van der Waals surface area contributed by atoms with Gasteiger partial charge in [0, 0.05) is 0 Å². The molecule has 64 valence electrons. The third-order valence-corrected chi connectivity index (χ3v) is 2.36. The lowest BCUT2D eigenvalue weighted by Gasteiger charge is -2.00. The summed E-state index contributed by atoms with van der Waals surface area (Å²) >= 11 is 0. The predicted molar refractivity (Wildman–Crippen MR) is 46.9 cm³/mol. The van der Waals surface area contributed by atoms with E-state index in [0.29, 0.717) is 0 Å². The van der Waals surface area contributed by atoms with Gasteiger partial charge >= 0.3 is 0 Å². The van der Waals surface area contributed by atoms with Gasteiger partial charge in [-0.05, 0) is 17.7 Å². The number of hydrogen-bond acceptors (Lipinski definition) is 4. The van der Waals surface area contributed by atoms with Crippen molar-refractivity contribution >= 4 is 8.09 Å². The number of rotatable bonds is 3. The summed E-state index contributed by atoms with van der Waals surface area (Å²) in [5.74, 6) is 0.801. The smallest absolute Gasteiger partial charge is 0.224 e. The zero-order valence-electron chi connectivity index (χ0n) is 6.32. The van der Waals surface area contributed by atoms with Gasteiger partial charge in [-0.2, -0.15) is 4.85 Å². The number of benzene rings is 1. The third-order valence-electron chi connectivity index (χ3n) is 1.52. The first-order valence-corrected chi connectivity index (χ1v) is 4.95.